The molecule has 0 bridgehead atoms. The monoisotopic (exact) mass is 341 g/mol. The largest absolute Gasteiger partial charge is 0.491 e. The predicted molar refractivity (Wildman–Crippen MR) is 89.3 cm³/mol. The smallest absolute Gasteiger partial charge is 0.400 e. The average molecular weight is 341 g/mol. The number of nitrogens with two attached hydrogens (primary N) is 1. The molecule has 1 saturated heterocycles. The van der Waals surface area contributed by atoms with Crippen molar-refractivity contribution in [2.45, 2.75) is 52.0 Å². The van der Waals surface area contributed by atoms with E-state index in [9.17, 15) is 13.2 Å². The topological polar surface area (TPSA) is 44.5 Å². The lowest BCUT2D eigenvalue weighted by Gasteiger charge is -2.32. The van der Waals surface area contributed by atoms with Gasteiger partial charge in [-0.05, 0) is 63.4 Å². The Bertz CT molecular complexity index is 638. The average Bonchev–Trinajstić information content (AvgIpc) is 2.64. The van der Waals surface area contributed by atoms with E-state index in [4.69, 9.17) is 15.0 Å². The maximum absolute atomic E-state index is 12.8. The molecule has 7 heteroatoms. The van der Waals surface area contributed by atoms with E-state index >= 15 is 0 Å². The van der Waals surface area contributed by atoms with Crippen molar-refractivity contribution in [3.63, 3.8) is 0 Å². The van der Waals surface area contributed by atoms with Crippen LogP contribution in [0.4, 0.5) is 13.2 Å². The van der Waals surface area contributed by atoms with E-state index in [0.29, 0.717) is 16.6 Å². The third kappa shape index (κ3) is 3.68. The minimum absolute atomic E-state index is 0.192. The van der Waals surface area contributed by atoms with Crippen molar-refractivity contribution in [3.05, 3.63) is 40.4 Å². The van der Waals surface area contributed by atoms with Crippen LogP contribution < -0.4 is 5.73 Å². The van der Waals surface area contributed by atoms with Crippen LogP contribution in [-0.2, 0) is 15.5 Å². The van der Waals surface area contributed by atoms with E-state index in [1.54, 1.807) is 13.0 Å². The van der Waals surface area contributed by atoms with Crippen molar-refractivity contribution in [1.29, 1.82) is 0 Å². The van der Waals surface area contributed by atoms with Crippen LogP contribution in [0.3, 0.4) is 0 Å². The van der Waals surface area contributed by atoms with Crippen molar-refractivity contribution in [2.24, 2.45) is 5.73 Å². The van der Waals surface area contributed by atoms with E-state index in [1.807, 2.05) is 27.7 Å². The Morgan fingerprint density at radius 1 is 1.17 bits per heavy atom. The number of halogens is 3. The van der Waals surface area contributed by atoms with Crippen LogP contribution in [-0.4, -0.2) is 24.9 Å². The summed E-state index contributed by atoms with van der Waals surface area (Å²) in [6.07, 6.45) is -2.60. The highest BCUT2D eigenvalue weighted by Gasteiger charge is 2.52. The molecule has 2 N–H and O–H groups in total. The zero-order chi connectivity index (χ0) is 18.3. The van der Waals surface area contributed by atoms with E-state index in [-0.39, 0.29) is 6.54 Å². The number of benzene rings is 1. The van der Waals surface area contributed by atoms with Crippen molar-refractivity contribution >= 4 is 13.2 Å². The summed E-state index contributed by atoms with van der Waals surface area (Å²) in [5.74, 6) is 0. The molecule has 3 nitrogen and oxygen atoms in total. The number of aryl methyl sites for hydroxylation is 1. The van der Waals surface area contributed by atoms with Crippen molar-refractivity contribution in [1.82, 2.24) is 0 Å². The van der Waals surface area contributed by atoms with Crippen LogP contribution in [0.15, 0.2) is 23.7 Å². The van der Waals surface area contributed by atoms with Crippen molar-refractivity contribution in [3.8, 4) is 0 Å². The molecule has 1 fully saturated rings. The fourth-order valence-electron chi connectivity index (χ4n) is 2.43. The van der Waals surface area contributed by atoms with Crippen molar-refractivity contribution < 1.29 is 22.5 Å². The summed E-state index contributed by atoms with van der Waals surface area (Å²) < 4.78 is 50.2. The molecule has 1 heterocycles. The molecule has 1 aromatic rings. The molecular formula is C17H23BF3NO2. The molecule has 0 aromatic heterocycles. The van der Waals surface area contributed by atoms with Crippen LogP contribution >= 0.6 is 0 Å². The second-order valence-corrected chi connectivity index (χ2v) is 7.08. The second kappa shape index (κ2) is 6.21. The van der Waals surface area contributed by atoms with E-state index in [1.165, 1.54) is 6.07 Å². The number of alkyl halides is 3. The van der Waals surface area contributed by atoms with Gasteiger partial charge in [-0.25, -0.2) is 0 Å². The molecule has 0 amide bonds. The summed E-state index contributed by atoms with van der Waals surface area (Å²) in [7, 11) is -0.610. The predicted octanol–water partition coefficient (Wildman–Crippen LogP) is 3.99. The van der Waals surface area contributed by atoms with Gasteiger partial charge in [0.05, 0.1) is 16.8 Å². The molecule has 0 spiro atoms. The standard InChI is InChI=1S/C17H23BF3NO2/c1-11-8-13(17(19,20)21)7-6-12(11)9-14(10-22)18-23-15(2,3)16(4,5)24-18/h6-9H,10,22H2,1-5H3. The van der Waals surface area contributed by atoms with Gasteiger partial charge in [-0.3, -0.25) is 0 Å². The first-order valence-corrected chi connectivity index (χ1v) is 7.81. The maximum atomic E-state index is 12.8. The normalized spacial score (nSPS) is 20.5. The molecule has 1 aromatic carbocycles. The first kappa shape index (κ1) is 19.0. The van der Waals surface area contributed by atoms with Gasteiger partial charge in [0, 0.05) is 6.54 Å². The van der Waals surface area contributed by atoms with Gasteiger partial charge in [0.2, 0.25) is 0 Å². The summed E-state index contributed by atoms with van der Waals surface area (Å²) in [5.41, 5.74) is 6.03. The number of hydrogen-bond acceptors (Lipinski definition) is 3. The van der Waals surface area contributed by atoms with Gasteiger partial charge in [-0.2, -0.15) is 13.2 Å². The number of hydrogen-bond donors (Lipinski definition) is 1. The summed E-state index contributed by atoms with van der Waals surface area (Å²) in [6.45, 7) is 9.57. The van der Waals surface area contributed by atoms with Gasteiger partial charge in [-0.1, -0.05) is 12.1 Å². The minimum Gasteiger partial charge on any atom is -0.400 e. The Balaban J connectivity index is 2.32. The summed E-state index contributed by atoms with van der Waals surface area (Å²) in [6, 6.07) is 3.64. The van der Waals surface area contributed by atoms with Gasteiger partial charge in [0.1, 0.15) is 0 Å². The Morgan fingerprint density at radius 3 is 2.12 bits per heavy atom. The maximum Gasteiger partial charge on any atom is 0.491 e. The molecular weight excluding hydrogens is 318 g/mol. The quantitative estimate of drug-likeness (QED) is 0.846. The lowest BCUT2D eigenvalue weighted by molar-refractivity contribution is -0.137. The highest BCUT2D eigenvalue weighted by Crippen LogP contribution is 2.39. The second-order valence-electron chi connectivity index (χ2n) is 7.08. The zero-order valence-corrected chi connectivity index (χ0v) is 14.6. The van der Waals surface area contributed by atoms with E-state index in [0.717, 1.165) is 12.1 Å². The Hall–Kier alpha value is -1.31. The molecule has 0 saturated carbocycles. The van der Waals surface area contributed by atoms with Gasteiger partial charge in [0.25, 0.3) is 0 Å². The van der Waals surface area contributed by atoms with Gasteiger partial charge in [-0.15, -0.1) is 0 Å². The van der Waals surface area contributed by atoms with Gasteiger partial charge in [0.15, 0.2) is 0 Å². The molecule has 24 heavy (non-hydrogen) atoms. The fourth-order valence-corrected chi connectivity index (χ4v) is 2.43. The van der Waals surface area contributed by atoms with Crippen molar-refractivity contribution in [2.75, 3.05) is 6.54 Å². The van der Waals surface area contributed by atoms with E-state index in [2.05, 4.69) is 0 Å². The third-order valence-electron chi connectivity index (χ3n) is 4.73. The molecule has 0 atom stereocenters. The highest BCUT2D eigenvalue weighted by atomic mass is 19.4. The van der Waals surface area contributed by atoms with Crippen LogP contribution in [0, 0.1) is 6.92 Å². The SMILES string of the molecule is Cc1cc(C(F)(F)F)ccc1C=C(CN)B1OC(C)(C)C(C)(C)O1. The first-order chi connectivity index (χ1) is 10.9. The summed E-state index contributed by atoms with van der Waals surface area (Å²) in [5, 5.41) is 0. The molecule has 0 radical (unpaired) electrons. The lowest BCUT2D eigenvalue weighted by atomic mass is 9.77. The van der Waals surface area contributed by atoms with Crippen LogP contribution in [0.25, 0.3) is 6.08 Å². The summed E-state index contributed by atoms with van der Waals surface area (Å²) in [4.78, 5) is 0. The van der Waals surface area contributed by atoms with E-state index < -0.39 is 30.1 Å². The lowest BCUT2D eigenvalue weighted by Crippen LogP contribution is -2.41. The summed E-state index contributed by atoms with van der Waals surface area (Å²) >= 11 is 0. The van der Waals surface area contributed by atoms with Crippen LogP contribution in [0.2, 0.25) is 0 Å². The Labute approximate surface area is 141 Å². The third-order valence-corrected chi connectivity index (χ3v) is 4.73. The highest BCUT2D eigenvalue weighted by molar-refractivity contribution is 6.55. The van der Waals surface area contributed by atoms with Gasteiger partial charge >= 0.3 is 13.3 Å². The Kier molecular flexibility index (Phi) is 4.92. The number of rotatable bonds is 3. The zero-order valence-electron chi connectivity index (χ0n) is 14.6. The molecule has 1 aliphatic heterocycles. The molecule has 2 rings (SSSR count). The molecule has 1 aliphatic rings. The Morgan fingerprint density at radius 2 is 1.71 bits per heavy atom. The molecule has 0 aliphatic carbocycles. The van der Waals surface area contributed by atoms with Crippen LogP contribution in [0.5, 0.6) is 0 Å². The first-order valence-electron chi connectivity index (χ1n) is 7.81. The molecule has 132 valence electrons. The van der Waals surface area contributed by atoms with Crippen LogP contribution in [0.1, 0.15) is 44.4 Å². The fraction of sp³-hybridized carbons (Fsp3) is 0.529. The van der Waals surface area contributed by atoms with Gasteiger partial charge < -0.3 is 15.0 Å². The molecule has 0 unspecified atom stereocenters. The minimum atomic E-state index is -4.35.